The van der Waals surface area contributed by atoms with Crippen LogP contribution in [0.5, 0.6) is 5.75 Å². The van der Waals surface area contributed by atoms with Gasteiger partial charge in [-0.15, -0.1) is 0 Å². The zero-order valence-electron chi connectivity index (χ0n) is 15.7. The second-order valence-electron chi connectivity index (χ2n) is 7.12. The monoisotopic (exact) mass is 402 g/mol. The molecule has 0 radical (unpaired) electrons. The maximum atomic E-state index is 12.2. The number of anilines is 1. The molecule has 1 amide bonds. The predicted molar refractivity (Wildman–Crippen MR) is 109 cm³/mol. The normalized spacial score (nSPS) is 14.5. The van der Waals surface area contributed by atoms with Crippen molar-refractivity contribution in [1.29, 1.82) is 0 Å². The van der Waals surface area contributed by atoms with Gasteiger partial charge in [0.25, 0.3) is 11.6 Å². The lowest BCUT2D eigenvalue weighted by molar-refractivity contribution is -0.384. The SMILES string of the molecule is Cc1cc([N+](=O)[O-])c(Cl)cc1NC(=O)COc1ccc(C2CCCCC2)cc1. The van der Waals surface area contributed by atoms with Crippen LogP contribution in [0, 0.1) is 17.0 Å². The lowest BCUT2D eigenvalue weighted by atomic mass is 9.84. The smallest absolute Gasteiger partial charge is 0.288 e. The summed E-state index contributed by atoms with van der Waals surface area (Å²) in [5.74, 6) is 0.901. The fraction of sp³-hybridized carbons (Fsp3) is 0.381. The maximum Gasteiger partial charge on any atom is 0.288 e. The molecule has 6 nitrogen and oxygen atoms in total. The molecule has 0 aromatic heterocycles. The van der Waals surface area contributed by atoms with E-state index in [4.69, 9.17) is 16.3 Å². The van der Waals surface area contributed by atoms with Crippen molar-refractivity contribution in [1.82, 2.24) is 0 Å². The van der Waals surface area contributed by atoms with Crippen LogP contribution in [0.3, 0.4) is 0 Å². The number of nitrogens with one attached hydrogen (secondary N) is 1. The Morgan fingerprint density at radius 3 is 2.54 bits per heavy atom. The lowest BCUT2D eigenvalue weighted by Crippen LogP contribution is -2.20. The number of nitrogens with zero attached hydrogens (tertiary/aromatic N) is 1. The van der Waals surface area contributed by atoms with Gasteiger partial charge in [0.2, 0.25) is 0 Å². The Morgan fingerprint density at radius 1 is 1.21 bits per heavy atom. The molecule has 148 valence electrons. The van der Waals surface area contributed by atoms with Gasteiger partial charge < -0.3 is 10.1 Å². The number of carbonyl (C=O) groups excluding carboxylic acids is 1. The number of amides is 1. The summed E-state index contributed by atoms with van der Waals surface area (Å²) in [6.45, 7) is 1.51. The summed E-state index contributed by atoms with van der Waals surface area (Å²) in [4.78, 5) is 22.5. The van der Waals surface area contributed by atoms with Gasteiger partial charge in [-0.1, -0.05) is 43.0 Å². The second kappa shape index (κ2) is 9.06. The number of ether oxygens (including phenoxy) is 1. The molecule has 2 aromatic carbocycles. The number of carbonyl (C=O) groups is 1. The van der Waals surface area contributed by atoms with Crippen LogP contribution in [0.1, 0.15) is 49.1 Å². The molecule has 1 saturated carbocycles. The van der Waals surface area contributed by atoms with Crippen LogP contribution in [0.2, 0.25) is 5.02 Å². The molecule has 1 aliphatic rings. The van der Waals surface area contributed by atoms with Gasteiger partial charge in [0.15, 0.2) is 6.61 Å². The van der Waals surface area contributed by atoms with Crippen molar-refractivity contribution >= 4 is 28.9 Å². The van der Waals surface area contributed by atoms with E-state index in [0.717, 1.165) is 0 Å². The number of benzene rings is 2. The Labute approximate surface area is 169 Å². The molecule has 3 rings (SSSR count). The Bertz CT molecular complexity index is 861. The number of halogens is 1. The van der Waals surface area contributed by atoms with E-state index in [1.807, 2.05) is 12.1 Å². The number of hydrogen-bond acceptors (Lipinski definition) is 4. The largest absolute Gasteiger partial charge is 0.484 e. The molecule has 0 heterocycles. The number of nitro benzene ring substituents is 1. The van der Waals surface area contributed by atoms with Gasteiger partial charge >= 0.3 is 0 Å². The topological polar surface area (TPSA) is 81.5 Å². The van der Waals surface area contributed by atoms with Gasteiger partial charge in [0, 0.05) is 11.8 Å². The van der Waals surface area contributed by atoms with Crippen molar-refractivity contribution in [3.63, 3.8) is 0 Å². The number of hydrogen-bond donors (Lipinski definition) is 1. The standard InChI is InChI=1S/C21H23ClN2O4/c1-14-11-20(24(26)27)18(22)12-19(14)23-21(25)13-28-17-9-7-16(8-10-17)15-5-3-2-4-6-15/h7-12,15H,2-6,13H2,1H3,(H,23,25). The first-order valence-corrected chi connectivity index (χ1v) is 9.79. The Morgan fingerprint density at radius 2 is 1.89 bits per heavy atom. The summed E-state index contributed by atoms with van der Waals surface area (Å²) in [6.07, 6.45) is 6.37. The molecule has 28 heavy (non-hydrogen) atoms. The molecule has 0 saturated heterocycles. The molecule has 0 unspecified atom stereocenters. The average molecular weight is 403 g/mol. The van der Waals surface area contributed by atoms with E-state index in [9.17, 15) is 14.9 Å². The number of aryl methyl sites for hydroxylation is 1. The summed E-state index contributed by atoms with van der Waals surface area (Å²) in [7, 11) is 0. The van der Waals surface area contributed by atoms with Crippen LogP contribution in [-0.2, 0) is 4.79 Å². The maximum absolute atomic E-state index is 12.2. The summed E-state index contributed by atoms with van der Waals surface area (Å²) in [5.41, 5.74) is 2.12. The molecule has 0 atom stereocenters. The van der Waals surface area contributed by atoms with Gasteiger partial charge in [0.1, 0.15) is 10.8 Å². The zero-order valence-corrected chi connectivity index (χ0v) is 16.5. The molecule has 0 spiro atoms. The summed E-state index contributed by atoms with van der Waals surface area (Å²) >= 11 is 5.91. The molecule has 7 heteroatoms. The minimum absolute atomic E-state index is 0.0230. The van der Waals surface area contributed by atoms with Crippen LogP contribution in [-0.4, -0.2) is 17.4 Å². The molecular weight excluding hydrogens is 380 g/mol. The van der Waals surface area contributed by atoms with Crippen molar-refractivity contribution in [3.8, 4) is 5.75 Å². The van der Waals surface area contributed by atoms with Crippen molar-refractivity contribution in [2.75, 3.05) is 11.9 Å². The van der Waals surface area contributed by atoms with Gasteiger partial charge in [-0.25, -0.2) is 0 Å². The highest BCUT2D eigenvalue weighted by atomic mass is 35.5. The van der Waals surface area contributed by atoms with Crippen LogP contribution in [0.25, 0.3) is 0 Å². The molecule has 0 aliphatic heterocycles. The first-order chi connectivity index (χ1) is 13.4. The zero-order chi connectivity index (χ0) is 20.1. The molecule has 0 bridgehead atoms. The van der Waals surface area contributed by atoms with Crippen molar-refractivity contribution in [2.24, 2.45) is 0 Å². The number of rotatable bonds is 6. The summed E-state index contributed by atoms with van der Waals surface area (Å²) in [6, 6.07) is 10.7. The minimum Gasteiger partial charge on any atom is -0.484 e. The minimum atomic E-state index is -0.555. The van der Waals surface area contributed by atoms with E-state index in [2.05, 4.69) is 17.4 Å². The molecular formula is C21H23ClN2O4. The van der Waals surface area contributed by atoms with Gasteiger partial charge in [0.05, 0.1) is 4.92 Å². The molecule has 2 aromatic rings. The summed E-state index contributed by atoms with van der Waals surface area (Å²) < 4.78 is 5.56. The molecule has 1 fully saturated rings. The summed E-state index contributed by atoms with van der Waals surface area (Å²) in [5, 5.41) is 13.6. The Balaban J connectivity index is 1.55. The first-order valence-electron chi connectivity index (χ1n) is 9.41. The number of nitro groups is 1. The predicted octanol–water partition coefficient (Wildman–Crippen LogP) is 5.62. The highest BCUT2D eigenvalue weighted by molar-refractivity contribution is 6.33. The van der Waals surface area contributed by atoms with Crippen LogP contribution >= 0.6 is 11.6 Å². The van der Waals surface area contributed by atoms with E-state index in [1.165, 1.54) is 49.8 Å². The third-order valence-corrected chi connectivity index (χ3v) is 5.39. The average Bonchev–Trinajstić information content (AvgIpc) is 2.70. The quantitative estimate of drug-likeness (QED) is 0.502. The molecule has 1 aliphatic carbocycles. The first kappa shape index (κ1) is 20.1. The van der Waals surface area contributed by atoms with Crippen LogP contribution in [0.15, 0.2) is 36.4 Å². The van der Waals surface area contributed by atoms with E-state index in [-0.39, 0.29) is 23.2 Å². The van der Waals surface area contributed by atoms with E-state index >= 15 is 0 Å². The Kier molecular flexibility index (Phi) is 6.52. The third kappa shape index (κ3) is 5.01. The fourth-order valence-corrected chi connectivity index (χ4v) is 3.78. The van der Waals surface area contributed by atoms with Crippen molar-refractivity contribution in [2.45, 2.75) is 44.9 Å². The van der Waals surface area contributed by atoms with Crippen molar-refractivity contribution in [3.05, 3.63) is 62.7 Å². The van der Waals surface area contributed by atoms with Crippen molar-refractivity contribution < 1.29 is 14.5 Å². The van der Waals surface area contributed by atoms with Gasteiger partial charge in [-0.05, 0) is 55.0 Å². The molecule has 1 N–H and O–H groups in total. The van der Waals surface area contributed by atoms with Gasteiger partial charge in [-0.3, -0.25) is 14.9 Å². The third-order valence-electron chi connectivity index (χ3n) is 5.09. The Hall–Kier alpha value is -2.60. The van der Waals surface area contributed by atoms with Gasteiger partial charge in [-0.2, -0.15) is 0 Å². The van der Waals surface area contributed by atoms with E-state index in [0.29, 0.717) is 22.9 Å². The fourth-order valence-electron chi connectivity index (χ4n) is 3.55. The van der Waals surface area contributed by atoms with E-state index < -0.39 is 4.92 Å². The second-order valence-corrected chi connectivity index (χ2v) is 7.52. The van der Waals surface area contributed by atoms with Crippen LogP contribution in [0.4, 0.5) is 11.4 Å². The highest BCUT2D eigenvalue weighted by Crippen LogP contribution is 2.33. The van der Waals surface area contributed by atoms with E-state index in [1.54, 1.807) is 6.92 Å². The van der Waals surface area contributed by atoms with Crippen LogP contribution < -0.4 is 10.1 Å². The lowest BCUT2D eigenvalue weighted by Gasteiger charge is -2.22. The highest BCUT2D eigenvalue weighted by Gasteiger charge is 2.17.